The minimum atomic E-state index is -0.966. The summed E-state index contributed by atoms with van der Waals surface area (Å²) >= 11 is 1.15. The average Bonchev–Trinajstić information content (AvgIpc) is 2.86. The van der Waals surface area contributed by atoms with Crippen LogP contribution in [0.25, 0.3) is 0 Å². The van der Waals surface area contributed by atoms with E-state index in [9.17, 15) is 4.79 Å². The van der Waals surface area contributed by atoms with Gasteiger partial charge in [0.05, 0.1) is 18.4 Å². The van der Waals surface area contributed by atoms with Crippen LogP contribution in [0.2, 0.25) is 0 Å². The average molecular weight is 227 g/mol. The Kier molecular flexibility index (Phi) is 3.33. The lowest BCUT2D eigenvalue weighted by Gasteiger charge is -2.08. The van der Waals surface area contributed by atoms with Crippen LogP contribution < -0.4 is 0 Å². The topological polar surface area (TPSA) is 59.4 Å². The Bertz CT molecular complexity index is 344. The maximum Gasteiger partial charge on any atom is 0.365 e. The Morgan fingerprint density at radius 1 is 1.60 bits per heavy atom. The molecule has 0 radical (unpaired) electrons. The zero-order valence-corrected chi connectivity index (χ0v) is 9.13. The third-order valence-corrected chi connectivity index (χ3v) is 3.38. The highest BCUT2D eigenvalue weighted by atomic mass is 32.1. The van der Waals surface area contributed by atoms with Gasteiger partial charge in [-0.15, -0.1) is 11.3 Å². The lowest BCUT2D eigenvalue weighted by atomic mass is 10.3. The summed E-state index contributed by atoms with van der Waals surface area (Å²) in [7, 11) is 0. The number of thiazole rings is 1. The molecule has 0 aromatic carbocycles. The van der Waals surface area contributed by atoms with Crippen molar-refractivity contribution in [3.05, 3.63) is 16.1 Å². The quantitative estimate of drug-likeness (QED) is 0.857. The molecule has 0 unspecified atom stereocenters. The fraction of sp³-hybridized carbons (Fsp3) is 0.600. The molecule has 1 N–H and O–H groups in total. The predicted molar refractivity (Wildman–Crippen MR) is 56.1 cm³/mol. The SMILES string of the molecule is O=C(O)c1nc(COC2CCCC2)cs1. The Hall–Kier alpha value is -0.940. The maximum absolute atomic E-state index is 10.6. The molecule has 0 aliphatic heterocycles. The molecule has 0 atom stereocenters. The van der Waals surface area contributed by atoms with E-state index in [2.05, 4.69) is 4.98 Å². The van der Waals surface area contributed by atoms with Crippen molar-refractivity contribution in [1.29, 1.82) is 0 Å². The van der Waals surface area contributed by atoms with E-state index in [1.807, 2.05) is 0 Å². The van der Waals surface area contributed by atoms with Crippen molar-refractivity contribution >= 4 is 17.3 Å². The number of aromatic nitrogens is 1. The van der Waals surface area contributed by atoms with Crippen LogP contribution in [0.5, 0.6) is 0 Å². The first kappa shape index (κ1) is 10.6. The minimum Gasteiger partial charge on any atom is -0.476 e. The van der Waals surface area contributed by atoms with Gasteiger partial charge in [-0.05, 0) is 12.8 Å². The van der Waals surface area contributed by atoms with Crippen LogP contribution in [-0.4, -0.2) is 22.2 Å². The van der Waals surface area contributed by atoms with Crippen molar-refractivity contribution in [1.82, 2.24) is 4.98 Å². The van der Waals surface area contributed by atoms with Gasteiger partial charge in [0.15, 0.2) is 0 Å². The molecule has 1 saturated carbocycles. The van der Waals surface area contributed by atoms with Gasteiger partial charge in [0, 0.05) is 5.38 Å². The van der Waals surface area contributed by atoms with Crippen molar-refractivity contribution < 1.29 is 14.6 Å². The Morgan fingerprint density at radius 3 is 2.93 bits per heavy atom. The highest BCUT2D eigenvalue weighted by Gasteiger charge is 2.16. The fourth-order valence-electron chi connectivity index (χ4n) is 1.73. The molecular formula is C10H13NO3S. The number of carboxylic acids is 1. The molecule has 1 aliphatic rings. The van der Waals surface area contributed by atoms with Crippen LogP contribution in [0.3, 0.4) is 0 Å². The van der Waals surface area contributed by atoms with Gasteiger partial charge in [0.2, 0.25) is 5.01 Å². The molecule has 82 valence electrons. The fourth-order valence-corrected chi connectivity index (χ4v) is 2.37. The second-order valence-electron chi connectivity index (χ2n) is 3.67. The first-order valence-electron chi connectivity index (χ1n) is 5.05. The molecule has 0 bridgehead atoms. The molecule has 0 amide bonds. The summed E-state index contributed by atoms with van der Waals surface area (Å²) in [5.41, 5.74) is 0.726. The molecule has 0 spiro atoms. The van der Waals surface area contributed by atoms with Crippen LogP contribution in [-0.2, 0) is 11.3 Å². The Morgan fingerprint density at radius 2 is 2.33 bits per heavy atom. The lowest BCUT2D eigenvalue weighted by molar-refractivity contribution is 0.0439. The van der Waals surface area contributed by atoms with E-state index in [1.54, 1.807) is 5.38 Å². The zero-order valence-electron chi connectivity index (χ0n) is 8.31. The summed E-state index contributed by atoms with van der Waals surface area (Å²) in [6.07, 6.45) is 5.07. The second kappa shape index (κ2) is 4.72. The van der Waals surface area contributed by atoms with E-state index in [0.29, 0.717) is 12.7 Å². The molecule has 1 aromatic heterocycles. The van der Waals surface area contributed by atoms with Gasteiger partial charge in [-0.3, -0.25) is 0 Å². The molecule has 1 heterocycles. The number of carboxylic acid groups (broad SMARTS) is 1. The summed E-state index contributed by atoms with van der Waals surface area (Å²) in [6, 6.07) is 0. The summed E-state index contributed by atoms with van der Waals surface area (Å²) < 4.78 is 5.63. The third kappa shape index (κ3) is 2.76. The molecule has 1 aliphatic carbocycles. The first-order chi connectivity index (χ1) is 7.25. The minimum absolute atomic E-state index is 0.139. The standard InChI is InChI=1S/C10H13NO3S/c12-10(13)9-11-7(6-15-9)5-14-8-3-1-2-4-8/h6,8H,1-5H2,(H,12,13). The van der Waals surface area contributed by atoms with Crippen LogP contribution in [0.15, 0.2) is 5.38 Å². The second-order valence-corrected chi connectivity index (χ2v) is 4.52. The van der Waals surface area contributed by atoms with Gasteiger partial charge in [-0.25, -0.2) is 9.78 Å². The summed E-state index contributed by atoms with van der Waals surface area (Å²) in [4.78, 5) is 14.5. The van der Waals surface area contributed by atoms with Crippen LogP contribution >= 0.6 is 11.3 Å². The van der Waals surface area contributed by atoms with Gasteiger partial charge >= 0.3 is 5.97 Å². The molecule has 4 nitrogen and oxygen atoms in total. The van der Waals surface area contributed by atoms with Crippen molar-refractivity contribution in [3.8, 4) is 0 Å². The van der Waals surface area contributed by atoms with E-state index in [1.165, 1.54) is 12.8 Å². The molecule has 0 saturated heterocycles. The number of hydrogen-bond acceptors (Lipinski definition) is 4. The van der Waals surface area contributed by atoms with E-state index < -0.39 is 5.97 Å². The number of hydrogen-bond donors (Lipinski definition) is 1. The van der Waals surface area contributed by atoms with E-state index >= 15 is 0 Å². The van der Waals surface area contributed by atoms with E-state index in [4.69, 9.17) is 9.84 Å². The van der Waals surface area contributed by atoms with Crippen molar-refractivity contribution in [2.75, 3.05) is 0 Å². The zero-order chi connectivity index (χ0) is 10.7. The Balaban J connectivity index is 1.84. The number of ether oxygens (including phenoxy) is 1. The van der Waals surface area contributed by atoms with Gasteiger partial charge in [-0.1, -0.05) is 12.8 Å². The maximum atomic E-state index is 10.6. The van der Waals surface area contributed by atoms with Crippen molar-refractivity contribution in [2.45, 2.75) is 38.4 Å². The normalized spacial score (nSPS) is 17.1. The highest BCUT2D eigenvalue weighted by Crippen LogP contribution is 2.22. The van der Waals surface area contributed by atoms with E-state index in [-0.39, 0.29) is 5.01 Å². The number of rotatable bonds is 4. The molecule has 15 heavy (non-hydrogen) atoms. The summed E-state index contributed by atoms with van der Waals surface area (Å²) in [5, 5.41) is 10.6. The van der Waals surface area contributed by atoms with Gasteiger partial charge in [-0.2, -0.15) is 0 Å². The number of carbonyl (C=O) groups is 1. The van der Waals surface area contributed by atoms with E-state index in [0.717, 1.165) is 29.9 Å². The Labute approximate surface area is 91.9 Å². The smallest absolute Gasteiger partial charge is 0.365 e. The molecule has 5 heteroatoms. The predicted octanol–water partition coefficient (Wildman–Crippen LogP) is 2.30. The monoisotopic (exact) mass is 227 g/mol. The van der Waals surface area contributed by atoms with Gasteiger partial charge in [0.1, 0.15) is 0 Å². The molecular weight excluding hydrogens is 214 g/mol. The lowest BCUT2D eigenvalue weighted by Crippen LogP contribution is -2.07. The van der Waals surface area contributed by atoms with Crippen molar-refractivity contribution in [2.24, 2.45) is 0 Å². The summed E-state index contributed by atoms with van der Waals surface area (Å²) in [6.45, 7) is 0.439. The molecule has 2 rings (SSSR count). The highest BCUT2D eigenvalue weighted by molar-refractivity contribution is 7.11. The molecule has 1 fully saturated rings. The largest absolute Gasteiger partial charge is 0.476 e. The number of aromatic carboxylic acids is 1. The first-order valence-corrected chi connectivity index (χ1v) is 5.93. The van der Waals surface area contributed by atoms with Crippen LogP contribution in [0.1, 0.15) is 41.2 Å². The van der Waals surface area contributed by atoms with Gasteiger partial charge in [0.25, 0.3) is 0 Å². The van der Waals surface area contributed by atoms with Crippen LogP contribution in [0.4, 0.5) is 0 Å². The number of nitrogens with zero attached hydrogens (tertiary/aromatic N) is 1. The van der Waals surface area contributed by atoms with Gasteiger partial charge < -0.3 is 9.84 Å². The molecule has 1 aromatic rings. The summed E-state index contributed by atoms with van der Waals surface area (Å²) in [5.74, 6) is -0.966. The van der Waals surface area contributed by atoms with Crippen LogP contribution in [0, 0.1) is 0 Å². The third-order valence-electron chi connectivity index (χ3n) is 2.50. The van der Waals surface area contributed by atoms with Crippen molar-refractivity contribution in [3.63, 3.8) is 0 Å².